The van der Waals surface area contributed by atoms with Gasteiger partial charge in [0.1, 0.15) is 11.5 Å². The van der Waals surface area contributed by atoms with Crippen LogP contribution in [0.5, 0.6) is 0 Å². The number of aromatic nitrogens is 1. The Morgan fingerprint density at radius 3 is 2.50 bits per heavy atom. The number of hydrogen-bond acceptors (Lipinski definition) is 3. The quantitative estimate of drug-likeness (QED) is 0.359. The molecule has 0 aliphatic rings. The average molecular weight is 273 g/mol. The Morgan fingerprint density at radius 1 is 1.35 bits per heavy atom. The number of carbonyl (C=O) groups excluding carboxylic acids is 1. The molecule has 0 saturated carbocycles. The lowest BCUT2D eigenvalue weighted by molar-refractivity contribution is -0.689. The topological polar surface area (TPSA) is 54.0 Å². The van der Waals surface area contributed by atoms with Gasteiger partial charge in [-0.15, -0.1) is 0 Å². The first-order valence-electron chi connectivity index (χ1n) is 6.48. The molecule has 0 radical (unpaired) electrons. The summed E-state index contributed by atoms with van der Waals surface area (Å²) < 4.78 is 7.20. The zero-order valence-electron chi connectivity index (χ0n) is 12.2. The summed E-state index contributed by atoms with van der Waals surface area (Å²) in [4.78, 5) is 11.6. The van der Waals surface area contributed by atoms with Gasteiger partial charge in [-0.2, -0.15) is 0 Å². The first-order valence-corrected chi connectivity index (χ1v) is 6.48. The maximum Gasteiger partial charge on any atom is 0.170 e. The predicted molar refractivity (Wildman–Crippen MR) is 78.4 cm³/mol. The van der Waals surface area contributed by atoms with Gasteiger partial charge < -0.3 is 10.1 Å². The van der Waals surface area contributed by atoms with E-state index in [1.807, 2.05) is 48.2 Å². The Kier molecular flexibility index (Phi) is 6.37. The van der Waals surface area contributed by atoms with Crippen LogP contribution in [0.4, 0.5) is 0 Å². The Hall–Kier alpha value is -2.23. The van der Waals surface area contributed by atoms with Crippen molar-refractivity contribution in [1.29, 1.82) is 5.41 Å². The molecule has 4 nitrogen and oxygen atoms in total. The molecular formula is C16H21N2O2+. The number of allylic oxidation sites excluding steroid dienone is 3. The molecular weight excluding hydrogens is 252 g/mol. The van der Waals surface area contributed by atoms with E-state index in [0.29, 0.717) is 12.3 Å². The summed E-state index contributed by atoms with van der Waals surface area (Å²) in [6.07, 6.45) is 8.46. The molecule has 0 amide bonds. The molecule has 1 atom stereocenters. The SMILES string of the molecule is COC(=CC=N)C=C(C[n+]1ccccc1)C(C)C(C)=O. The number of pyridine rings is 1. The fourth-order valence-corrected chi connectivity index (χ4v) is 1.76. The predicted octanol–water partition coefficient (Wildman–Crippen LogP) is 2.31. The van der Waals surface area contributed by atoms with E-state index in [1.165, 1.54) is 6.21 Å². The lowest BCUT2D eigenvalue weighted by Crippen LogP contribution is -2.35. The molecule has 0 aliphatic heterocycles. The van der Waals surface area contributed by atoms with E-state index in [9.17, 15) is 4.79 Å². The van der Waals surface area contributed by atoms with Gasteiger partial charge in [-0.25, -0.2) is 4.57 Å². The Bertz CT molecular complexity index is 519. The van der Waals surface area contributed by atoms with Crippen LogP contribution < -0.4 is 4.57 Å². The summed E-state index contributed by atoms with van der Waals surface area (Å²) in [5.41, 5.74) is 0.948. The summed E-state index contributed by atoms with van der Waals surface area (Å²) in [6.45, 7) is 4.08. The zero-order valence-corrected chi connectivity index (χ0v) is 12.2. The van der Waals surface area contributed by atoms with Gasteiger partial charge in [0.2, 0.25) is 0 Å². The number of nitrogens with zero attached hydrogens (tertiary/aromatic N) is 1. The summed E-state index contributed by atoms with van der Waals surface area (Å²) in [5.74, 6) is 0.490. The van der Waals surface area contributed by atoms with Crippen molar-refractivity contribution < 1.29 is 14.1 Å². The molecule has 1 aromatic rings. The molecule has 1 N–H and O–H groups in total. The minimum atomic E-state index is -0.188. The van der Waals surface area contributed by atoms with Crippen molar-refractivity contribution in [1.82, 2.24) is 0 Å². The Balaban J connectivity index is 3.08. The lowest BCUT2D eigenvalue weighted by Gasteiger charge is -2.11. The number of Topliss-reactive ketones (excluding diaryl/α,β-unsaturated/α-hetero) is 1. The maximum absolute atomic E-state index is 11.6. The summed E-state index contributed by atoms with van der Waals surface area (Å²) in [7, 11) is 1.55. The fourth-order valence-electron chi connectivity index (χ4n) is 1.76. The molecule has 1 unspecified atom stereocenters. The van der Waals surface area contributed by atoms with Crippen LogP contribution in [0.25, 0.3) is 0 Å². The number of rotatable bonds is 7. The van der Waals surface area contributed by atoms with E-state index in [2.05, 4.69) is 0 Å². The Labute approximate surface area is 119 Å². The summed E-state index contributed by atoms with van der Waals surface area (Å²) >= 11 is 0. The highest BCUT2D eigenvalue weighted by atomic mass is 16.5. The normalized spacial score (nSPS) is 13.8. The number of ether oxygens (including phenoxy) is 1. The second-order valence-corrected chi connectivity index (χ2v) is 4.54. The van der Waals surface area contributed by atoms with E-state index in [0.717, 1.165) is 5.57 Å². The van der Waals surface area contributed by atoms with Crippen LogP contribution in [-0.4, -0.2) is 19.1 Å². The van der Waals surface area contributed by atoms with E-state index in [1.54, 1.807) is 20.1 Å². The standard InChI is InChI=1S/C16H21N2O2/c1-13(14(2)19)15(11-16(20-3)7-8-17)12-18-9-5-4-6-10-18/h4-11,13,17H,12H2,1-3H3/q+1. The third kappa shape index (κ3) is 4.80. The van der Waals surface area contributed by atoms with Gasteiger partial charge >= 0.3 is 0 Å². The van der Waals surface area contributed by atoms with Crippen molar-refractivity contribution in [3.63, 3.8) is 0 Å². The smallest absolute Gasteiger partial charge is 0.170 e. The van der Waals surface area contributed by atoms with Crippen LogP contribution in [-0.2, 0) is 16.1 Å². The molecule has 1 heterocycles. The van der Waals surface area contributed by atoms with Gasteiger partial charge in [0, 0.05) is 29.8 Å². The maximum atomic E-state index is 11.6. The van der Waals surface area contributed by atoms with Gasteiger partial charge in [0.05, 0.1) is 7.11 Å². The molecule has 0 bridgehead atoms. The monoisotopic (exact) mass is 273 g/mol. The van der Waals surface area contributed by atoms with Gasteiger partial charge in [-0.05, 0) is 19.1 Å². The molecule has 1 aromatic heterocycles. The first-order chi connectivity index (χ1) is 9.58. The molecule has 0 saturated heterocycles. The molecule has 0 spiro atoms. The average Bonchev–Trinajstić information content (AvgIpc) is 2.46. The number of methoxy groups -OCH3 is 1. The van der Waals surface area contributed by atoms with E-state index in [4.69, 9.17) is 10.1 Å². The van der Waals surface area contributed by atoms with Crippen molar-refractivity contribution in [2.75, 3.05) is 7.11 Å². The largest absolute Gasteiger partial charge is 0.497 e. The summed E-state index contributed by atoms with van der Waals surface area (Å²) in [5, 5.41) is 7.11. The van der Waals surface area contributed by atoms with Crippen LogP contribution in [0.15, 0.2) is 54.1 Å². The Morgan fingerprint density at radius 2 is 2.00 bits per heavy atom. The lowest BCUT2D eigenvalue weighted by atomic mass is 9.96. The van der Waals surface area contributed by atoms with E-state index in [-0.39, 0.29) is 11.7 Å². The number of ketones is 1. The van der Waals surface area contributed by atoms with Crippen LogP contribution in [0.2, 0.25) is 0 Å². The summed E-state index contributed by atoms with van der Waals surface area (Å²) in [6, 6.07) is 5.84. The van der Waals surface area contributed by atoms with Crippen molar-refractivity contribution in [2.24, 2.45) is 5.92 Å². The number of carbonyl (C=O) groups is 1. The van der Waals surface area contributed by atoms with Gasteiger partial charge in [0.15, 0.2) is 18.9 Å². The van der Waals surface area contributed by atoms with Crippen LogP contribution in [0.3, 0.4) is 0 Å². The van der Waals surface area contributed by atoms with Gasteiger partial charge in [-0.3, -0.25) is 4.79 Å². The van der Waals surface area contributed by atoms with Gasteiger partial charge in [-0.1, -0.05) is 13.0 Å². The highest BCUT2D eigenvalue weighted by molar-refractivity contribution is 5.81. The molecule has 1 rings (SSSR count). The van der Waals surface area contributed by atoms with Crippen molar-refractivity contribution >= 4 is 12.0 Å². The molecule has 0 aliphatic carbocycles. The molecule has 0 aromatic carbocycles. The zero-order chi connectivity index (χ0) is 15.0. The van der Waals surface area contributed by atoms with Crippen molar-refractivity contribution in [2.45, 2.75) is 20.4 Å². The third-order valence-electron chi connectivity index (χ3n) is 3.12. The van der Waals surface area contributed by atoms with Crippen LogP contribution in [0, 0.1) is 11.3 Å². The molecule has 0 fully saturated rings. The minimum absolute atomic E-state index is 0.109. The highest BCUT2D eigenvalue weighted by Crippen LogP contribution is 2.15. The van der Waals surface area contributed by atoms with Crippen molar-refractivity contribution in [3.05, 3.63) is 54.1 Å². The third-order valence-corrected chi connectivity index (χ3v) is 3.12. The number of hydrogen-bond donors (Lipinski definition) is 1. The van der Waals surface area contributed by atoms with Crippen LogP contribution in [0.1, 0.15) is 13.8 Å². The highest BCUT2D eigenvalue weighted by Gasteiger charge is 2.18. The molecule has 4 heteroatoms. The van der Waals surface area contributed by atoms with E-state index >= 15 is 0 Å². The fraction of sp³-hybridized carbons (Fsp3) is 0.312. The van der Waals surface area contributed by atoms with E-state index < -0.39 is 0 Å². The second kappa shape index (κ2) is 8.04. The van der Waals surface area contributed by atoms with Crippen molar-refractivity contribution in [3.8, 4) is 0 Å². The first kappa shape index (κ1) is 15.8. The number of nitrogens with one attached hydrogen (secondary N) is 1. The van der Waals surface area contributed by atoms with Gasteiger partial charge in [0.25, 0.3) is 0 Å². The second-order valence-electron chi connectivity index (χ2n) is 4.54. The molecule has 20 heavy (non-hydrogen) atoms. The minimum Gasteiger partial charge on any atom is -0.497 e. The van der Waals surface area contributed by atoms with Crippen LogP contribution >= 0.6 is 0 Å². The molecule has 106 valence electrons.